The van der Waals surface area contributed by atoms with Crippen LogP contribution in [0, 0.1) is 0 Å². The first-order chi connectivity index (χ1) is 10.7. The maximum Gasteiger partial charge on any atom is 0.231 e. The van der Waals surface area contributed by atoms with Crippen molar-refractivity contribution in [3.8, 4) is 11.5 Å². The molecule has 0 aromatic heterocycles. The van der Waals surface area contributed by atoms with Gasteiger partial charge in [-0.15, -0.1) is 0 Å². The van der Waals surface area contributed by atoms with Crippen LogP contribution in [-0.4, -0.2) is 11.9 Å². The van der Waals surface area contributed by atoms with Crippen molar-refractivity contribution in [3.63, 3.8) is 0 Å². The fourth-order valence-electron chi connectivity index (χ4n) is 1.97. The van der Waals surface area contributed by atoms with E-state index in [9.17, 15) is 0 Å². The van der Waals surface area contributed by atoms with Gasteiger partial charge in [-0.3, -0.25) is 10.9 Å². The molecule has 1 heterocycles. The molecule has 22 heavy (non-hydrogen) atoms. The number of rotatable bonds is 4. The average molecular weight is 313 g/mol. The third-order valence-electron chi connectivity index (χ3n) is 3.08. The Morgan fingerprint density at radius 1 is 1.00 bits per heavy atom. The Hall–Kier alpha value is -2.73. The summed E-state index contributed by atoms with van der Waals surface area (Å²) in [6, 6.07) is 15.3. The lowest BCUT2D eigenvalue weighted by Crippen LogP contribution is -2.38. The minimum absolute atomic E-state index is 0.252. The van der Waals surface area contributed by atoms with Crippen molar-refractivity contribution in [2.75, 3.05) is 12.1 Å². The summed E-state index contributed by atoms with van der Waals surface area (Å²) >= 11 is 5.21. The topological polar surface area (TPSA) is 54.5 Å². The molecule has 0 atom stereocenters. The third-order valence-corrected chi connectivity index (χ3v) is 3.28. The number of para-hydroxylation sites is 1. The van der Waals surface area contributed by atoms with Crippen molar-refractivity contribution in [2.24, 2.45) is 0 Å². The number of hydrazine groups is 1. The highest BCUT2D eigenvalue weighted by Crippen LogP contribution is 2.33. The van der Waals surface area contributed by atoms with Crippen LogP contribution in [0.3, 0.4) is 0 Å². The van der Waals surface area contributed by atoms with Gasteiger partial charge in [-0.2, -0.15) is 0 Å². The molecular weight excluding hydrogens is 298 g/mol. The van der Waals surface area contributed by atoms with Crippen LogP contribution in [0.2, 0.25) is 0 Å². The minimum Gasteiger partial charge on any atom is -0.454 e. The lowest BCUT2D eigenvalue weighted by atomic mass is 10.1. The molecule has 5 nitrogen and oxygen atoms in total. The number of fused-ring (bicyclic) bond motifs is 1. The van der Waals surface area contributed by atoms with Crippen LogP contribution in [-0.2, 0) is 0 Å². The molecule has 2 aromatic rings. The number of anilines is 1. The second kappa shape index (κ2) is 6.36. The number of benzene rings is 2. The van der Waals surface area contributed by atoms with Crippen LogP contribution in [0.25, 0.3) is 5.70 Å². The van der Waals surface area contributed by atoms with Crippen LogP contribution in [0.15, 0.2) is 55.1 Å². The number of ether oxygens (including phenoxy) is 2. The summed E-state index contributed by atoms with van der Waals surface area (Å²) in [4.78, 5) is 0. The molecular formula is C16H15N3O2S. The summed E-state index contributed by atoms with van der Waals surface area (Å²) in [6.45, 7) is 4.22. The first-order valence-electron chi connectivity index (χ1n) is 6.69. The molecule has 1 aliphatic heterocycles. The second-order valence-electron chi connectivity index (χ2n) is 4.62. The molecule has 0 amide bonds. The molecule has 0 aliphatic carbocycles. The largest absolute Gasteiger partial charge is 0.454 e. The van der Waals surface area contributed by atoms with Crippen LogP contribution in [0.5, 0.6) is 11.5 Å². The maximum atomic E-state index is 5.34. The number of hydrogen-bond acceptors (Lipinski definition) is 4. The highest BCUT2D eigenvalue weighted by atomic mass is 32.1. The van der Waals surface area contributed by atoms with Gasteiger partial charge < -0.3 is 14.8 Å². The third kappa shape index (κ3) is 3.29. The summed E-state index contributed by atoms with van der Waals surface area (Å²) in [5, 5.41) is 3.51. The summed E-state index contributed by atoms with van der Waals surface area (Å²) in [6.07, 6.45) is 0. The van der Waals surface area contributed by atoms with Gasteiger partial charge in [0.05, 0.1) is 5.70 Å². The molecule has 0 bridgehead atoms. The van der Waals surface area contributed by atoms with Gasteiger partial charge >= 0.3 is 0 Å². The van der Waals surface area contributed by atoms with Gasteiger partial charge in [-0.25, -0.2) is 0 Å². The van der Waals surface area contributed by atoms with E-state index in [0.717, 1.165) is 17.0 Å². The van der Waals surface area contributed by atoms with E-state index in [0.29, 0.717) is 16.6 Å². The van der Waals surface area contributed by atoms with Gasteiger partial charge in [-0.1, -0.05) is 24.8 Å². The van der Waals surface area contributed by atoms with E-state index < -0.39 is 0 Å². The molecule has 0 saturated heterocycles. The Kier molecular flexibility index (Phi) is 4.11. The van der Waals surface area contributed by atoms with Crippen molar-refractivity contribution >= 4 is 28.7 Å². The van der Waals surface area contributed by atoms with Crippen LogP contribution in [0.1, 0.15) is 5.56 Å². The summed E-state index contributed by atoms with van der Waals surface area (Å²) in [7, 11) is 0. The predicted molar refractivity (Wildman–Crippen MR) is 90.5 cm³/mol. The van der Waals surface area contributed by atoms with Gasteiger partial charge in [0.1, 0.15) is 0 Å². The van der Waals surface area contributed by atoms with Crippen molar-refractivity contribution < 1.29 is 9.47 Å². The minimum atomic E-state index is 0.252. The molecule has 0 fully saturated rings. The molecule has 0 unspecified atom stereocenters. The summed E-state index contributed by atoms with van der Waals surface area (Å²) < 4.78 is 10.6. The van der Waals surface area contributed by atoms with Crippen molar-refractivity contribution in [3.05, 3.63) is 60.7 Å². The zero-order chi connectivity index (χ0) is 15.4. The Labute approximate surface area is 133 Å². The molecule has 0 saturated carbocycles. The SMILES string of the molecule is C=C(NNC(=S)Nc1ccccc1)c1ccc2c(c1)OCO2. The van der Waals surface area contributed by atoms with Gasteiger partial charge in [0.2, 0.25) is 6.79 Å². The Morgan fingerprint density at radius 2 is 1.77 bits per heavy atom. The van der Waals surface area contributed by atoms with E-state index >= 15 is 0 Å². The van der Waals surface area contributed by atoms with E-state index in [1.165, 1.54) is 0 Å². The Morgan fingerprint density at radius 3 is 2.59 bits per heavy atom. The number of thiocarbonyl (C=S) groups is 1. The van der Waals surface area contributed by atoms with Crippen molar-refractivity contribution in [2.45, 2.75) is 0 Å². The predicted octanol–water partition coefficient (Wildman–Crippen LogP) is 2.88. The molecule has 3 rings (SSSR count). The number of hydrogen-bond donors (Lipinski definition) is 3. The van der Waals surface area contributed by atoms with E-state index in [1.54, 1.807) is 0 Å². The van der Waals surface area contributed by atoms with Crippen molar-refractivity contribution in [1.82, 2.24) is 10.9 Å². The van der Waals surface area contributed by atoms with Crippen LogP contribution in [0.4, 0.5) is 5.69 Å². The molecule has 0 spiro atoms. The normalized spacial score (nSPS) is 11.6. The Balaban J connectivity index is 1.55. The van der Waals surface area contributed by atoms with Gasteiger partial charge in [0.25, 0.3) is 0 Å². The monoisotopic (exact) mass is 313 g/mol. The molecule has 112 valence electrons. The van der Waals surface area contributed by atoms with Crippen molar-refractivity contribution in [1.29, 1.82) is 0 Å². The Bertz CT molecular complexity index is 704. The average Bonchev–Trinajstić information content (AvgIpc) is 3.01. The van der Waals surface area contributed by atoms with E-state index in [2.05, 4.69) is 22.7 Å². The lowest BCUT2D eigenvalue weighted by molar-refractivity contribution is 0.174. The van der Waals surface area contributed by atoms with E-state index in [1.807, 2.05) is 48.5 Å². The zero-order valence-electron chi connectivity index (χ0n) is 11.8. The first kappa shape index (κ1) is 14.2. The fourth-order valence-corrected chi connectivity index (χ4v) is 2.14. The van der Waals surface area contributed by atoms with Crippen LogP contribution >= 0.6 is 12.2 Å². The molecule has 0 radical (unpaired) electrons. The quantitative estimate of drug-likeness (QED) is 0.596. The molecule has 6 heteroatoms. The smallest absolute Gasteiger partial charge is 0.231 e. The van der Waals surface area contributed by atoms with Gasteiger partial charge in [-0.05, 0) is 42.5 Å². The number of nitrogens with one attached hydrogen (secondary N) is 3. The molecule has 3 N–H and O–H groups in total. The second-order valence-corrected chi connectivity index (χ2v) is 5.02. The van der Waals surface area contributed by atoms with E-state index in [4.69, 9.17) is 21.7 Å². The maximum absolute atomic E-state index is 5.34. The zero-order valence-corrected chi connectivity index (χ0v) is 12.6. The standard InChI is InChI=1S/C16H15N3O2S/c1-11(12-7-8-14-15(9-12)21-10-20-14)18-19-16(22)17-13-5-3-2-4-6-13/h2-9,18H,1,10H2,(H2,17,19,22). The highest BCUT2D eigenvalue weighted by Gasteiger charge is 2.14. The van der Waals surface area contributed by atoms with Gasteiger partial charge in [0, 0.05) is 11.3 Å². The first-order valence-corrected chi connectivity index (χ1v) is 7.10. The summed E-state index contributed by atoms with van der Waals surface area (Å²) in [5.41, 5.74) is 8.34. The molecule has 2 aromatic carbocycles. The summed E-state index contributed by atoms with van der Waals surface area (Å²) in [5.74, 6) is 1.45. The fraction of sp³-hybridized carbons (Fsp3) is 0.0625. The van der Waals surface area contributed by atoms with Crippen LogP contribution < -0.4 is 25.6 Å². The molecule has 1 aliphatic rings. The lowest BCUT2D eigenvalue weighted by Gasteiger charge is -2.14. The van der Waals surface area contributed by atoms with E-state index in [-0.39, 0.29) is 6.79 Å². The highest BCUT2D eigenvalue weighted by molar-refractivity contribution is 7.80. The van der Waals surface area contributed by atoms with Gasteiger partial charge in [0.15, 0.2) is 16.6 Å².